The second-order valence-electron chi connectivity index (χ2n) is 3.52. The number of amides is 1. The lowest BCUT2D eigenvalue weighted by Gasteiger charge is -2.07. The van der Waals surface area contributed by atoms with E-state index in [-0.39, 0.29) is 18.3 Å². The molecule has 0 unspecified atom stereocenters. The average molecular weight is 338 g/mol. The molecule has 6 heteroatoms. The molecule has 0 heterocycles. The summed E-state index contributed by atoms with van der Waals surface area (Å²) in [6, 6.07) is 7.65. The zero-order chi connectivity index (χ0) is 12.5. The molecule has 1 aromatic rings. The third kappa shape index (κ3) is 6.83. The molecule has 18 heavy (non-hydrogen) atoms. The number of carbonyl (C=O) groups is 1. The lowest BCUT2D eigenvalue weighted by atomic mass is 10.3. The van der Waals surface area contributed by atoms with Crippen molar-refractivity contribution in [3.8, 4) is 5.75 Å². The Morgan fingerprint density at radius 1 is 1.39 bits per heavy atom. The molecule has 102 valence electrons. The van der Waals surface area contributed by atoms with Crippen LogP contribution in [0.4, 0.5) is 0 Å². The van der Waals surface area contributed by atoms with Crippen molar-refractivity contribution in [3.63, 3.8) is 0 Å². The van der Waals surface area contributed by atoms with Gasteiger partial charge in [-0.1, -0.05) is 12.1 Å². The van der Waals surface area contributed by atoms with E-state index in [0.717, 1.165) is 10.2 Å². The van der Waals surface area contributed by atoms with Gasteiger partial charge in [0.25, 0.3) is 0 Å². The Bertz CT molecular complexity index is 364. The lowest BCUT2D eigenvalue weighted by molar-refractivity contribution is -0.121. The summed E-state index contributed by atoms with van der Waals surface area (Å²) in [6.07, 6.45) is 1.15. The van der Waals surface area contributed by atoms with E-state index in [1.165, 1.54) is 0 Å². The van der Waals surface area contributed by atoms with Gasteiger partial charge in [0.15, 0.2) is 0 Å². The molecule has 0 bridgehead atoms. The van der Waals surface area contributed by atoms with Crippen LogP contribution in [0.2, 0.25) is 0 Å². The number of benzene rings is 1. The highest BCUT2D eigenvalue weighted by atomic mass is 79.9. The van der Waals surface area contributed by atoms with E-state index < -0.39 is 0 Å². The van der Waals surface area contributed by atoms with E-state index >= 15 is 0 Å². The number of ether oxygens (including phenoxy) is 1. The van der Waals surface area contributed by atoms with Gasteiger partial charge in [0.05, 0.1) is 11.1 Å². The maximum absolute atomic E-state index is 11.2. The first kappa shape index (κ1) is 17.2. The highest BCUT2D eigenvalue weighted by Gasteiger charge is 2.02. The quantitative estimate of drug-likeness (QED) is 0.749. The van der Waals surface area contributed by atoms with Gasteiger partial charge in [-0.15, -0.1) is 12.4 Å². The molecule has 0 spiro atoms. The van der Waals surface area contributed by atoms with Gasteiger partial charge in [0, 0.05) is 19.5 Å². The number of para-hydroxylation sites is 1. The van der Waals surface area contributed by atoms with E-state index in [0.29, 0.717) is 32.5 Å². The van der Waals surface area contributed by atoms with E-state index in [2.05, 4.69) is 21.2 Å². The molecule has 0 atom stereocenters. The smallest absolute Gasteiger partial charge is 0.220 e. The van der Waals surface area contributed by atoms with Crippen LogP contribution in [-0.2, 0) is 4.79 Å². The molecule has 0 aliphatic heterocycles. The molecule has 1 aromatic carbocycles. The molecule has 0 radical (unpaired) electrons. The van der Waals surface area contributed by atoms with Crippen LogP contribution in [0.25, 0.3) is 0 Å². The van der Waals surface area contributed by atoms with E-state index in [4.69, 9.17) is 10.5 Å². The summed E-state index contributed by atoms with van der Waals surface area (Å²) in [4.78, 5) is 11.2. The molecular weight excluding hydrogens is 320 g/mol. The minimum Gasteiger partial charge on any atom is -0.492 e. The molecule has 0 saturated heterocycles. The Hall–Kier alpha value is -0.780. The van der Waals surface area contributed by atoms with Crippen LogP contribution >= 0.6 is 28.3 Å². The SMILES string of the molecule is Cl.NCCNC(=O)CCCOc1ccccc1Br. The first-order valence-corrected chi connectivity index (χ1v) is 6.37. The number of nitrogens with one attached hydrogen (secondary N) is 1. The van der Waals surface area contributed by atoms with Crippen molar-refractivity contribution >= 4 is 34.2 Å². The summed E-state index contributed by atoms with van der Waals surface area (Å²) in [5, 5.41) is 2.71. The van der Waals surface area contributed by atoms with Crippen LogP contribution < -0.4 is 15.8 Å². The topological polar surface area (TPSA) is 64.3 Å². The number of halogens is 2. The van der Waals surface area contributed by atoms with Crippen molar-refractivity contribution in [2.75, 3.05) is 19.7 Å². The van der Waals surface area contributed by atoms with Crippen LogP contribution in [0.1, 0.15) is 12.8 Å². The summed E-state index contributed by atoms with van der Waals surface area (Å²) < 4.78 is 6.46. The number of hydrogen-bond acceptors (Lipinski definition) is 3. The second kappa shape index (κ2) is 10.2. The monoisotopic (exact) mass is 336 g/mol. The molecule has 1 amide bonds. The summed E-state index contributed by atoms with van der Waals surface area (Å²) in [6.45, 7) is 1.53. The lowest BCUT2D eigenvalue weighted by Crippen LogP contribution is -2.29. The molecular formula is C12H18BrClN2O2. The van der Waals surface area contributed by atoms with Crippen LogP contribution in [0, 0.1) is 0 Å². The molecule has 4 nitrogen and oxygen atoms in total. The van der Waals surface area contributed by atoms with Gasteiger partial charge in [0.2, 0.25) is 5.91 Å². The predicted octanol–water partition coefficient (Wildman–Crippen LogP) is 2.10. The van der Waals surface area contributed by atoms with Crippen molar-refractivity contribution in [1.82, 2.24) is 5.32 Å². The molecule has 0 fully saturated rings. The third-order valence-electron chi connectivity index (χ3n) is 2.11. The maximum atomic E-state index is 11.2. The molecule has 0 aliphatic carbocycles. The van der Waals surface area contributed by atoms with Crippen molar-refractivity contribution in [2.45, 2.75) is 12.8 Å². The van der Waals surface area contributed by atoms with E-state index in [1.807, 2.05) is 24.3 Å². The zero-order valence-electron chi connectivity index (χ0n) is 10.0. The number of rotatable bonds is 7. The normalized spacial score (nSPS) is 9.44. The maximum Gasteiger partial charge on any atom is 0.220 e. The molecule has 0 saturated carbocycles. The Balaban J connectivity index is 0.00000289. The Morgan fingerprint density at radius 3 is 2.78 bits per heavy atom. The van der Waals surface area contributed by atoms with Crippen LogP contribution in [0.15, 0.2) is 28.7 Å². The Morgan fingerprint density at radius 2 is 2.11 bits per heavy atom. The largest absolute Gasteiger partial charge is 0.492 e. The highest BCUT2D eigenvalue weighted by molar-refractivity contribution is 9.10. The van der Waals surface area contributed by atoms with Gasteiger partial charge in [-0.05, 0) is 34.5 Å². The van der Waals surface area contributed by atoms with Gasteiger partial charge in [-0.2, -0.15) is 0 Å². The second-order valence-corrected chi connectivity index (χ2v) is 4.38. The number of nitrogens with two attached hydrogens (primary N) is 1. The first-order valence-electron chi connectivity index (χ1n) is 5.58. The van der Waals surface area contributed by atoms with Crippen LogP contribution in [0.3, 0.4) is 0 Å². The van der Waals surface area contributed by atoms with E-state index in [9.17, 15) is 4.79 Å². The molecule has 0 aliphatic rings. The van der Waals surface area contributed by atoms with Gasteiger partial charge in [0.1, 0.15) is 5.75 Å². The number of carbonyl (C=O) groups excluding carboxylic acids is 1. The fourth-order valence-corrected chi connectivity index (χ4v) is 1.68. The minimum atomic E-state index is 0. The Labute approximate surface area is 122 Å². The van der Waals surface area contributed by atoms with Gasteiger partial charge < -0.3 is 15.8 Å². The summed E-state index contributed by atoms with van der Waals surface area (Å²) in [7, 11) is 0. The molecule has 0 aromatic heterocycles. The van der Waals surface area contributed by atoms with Crippen LogP contribution in [0.5, 0.6) is 5.75 Å². The van der Waals surface area contributed by atoms with Crippen molar-refractivity contribution < 1.29 is 9.53 Å². The minimum absolute atomic E-state index is 0. The molecule has 3 N–H and O–H groups in total. The van der Waals surface area contributed by atoms with Crippen molar-refractivity contribution in [2.24, 2.45) is 5.73 Å². The highest BCUT2D eigenvalue weighted by Crippen LogP contribution is 2.23. The summed E-state index contributed by atoms with van der Waals surface area (Å²) in [5.74, 6) is 0.820. The van der Waals surface area contributed by atoms with Gasteiger partial charge in [-0.25, -0.2) is 0 Å². The van der Waals surface area contributed by atoms with Gasteiger partial charge >= 0.3 is 0 Å². The van der Waals surface area contributed by atoms with Crippen molar-refractivity contribution in [1.29, 1.82) is 0 Å². The Kier molecular flexibility index (Phi) is 9.73. The molecule has 1 rings (SSSR count). The predicted molar refractivity (Wildman–Crippen MR) is 78.2 cm³/mol. The van der Waals surface area contributed by atoms with Crippen LogP contribution in [-0.4, -0.2) is 25.6 Å². The fraction of sp³-hybridized carbons (Fsp3) is 0.417. The summed E-state index contributed by atoms with van der Waals surface area (Å²) >= 11 is 3.39. The van der Waals surface area contributed by atoms with Crippen molar-refractivity contribution in [3.05, 3.63) is 28.7 Å². The van der Waals surface area contributed by atoms with Gasteiger partial charge in [-0.3, -0.25) is 4.79 Å². The fourth-order valence-electron chi connectivity index (χ4n) is 1.28. The number of hydrogen-bond donors (Lipinski definition) is 2. The summed E-state index contributed by atoms with van der Waals surface area (Å²) in [5.41, 5.74) is 5.28. The standard InChI is InChI=1S/C12H17BrN2O2.ClH/c13-10-4-1-2-5-11(10)17-9-3-6-12(16)15-8-7-14;/h1-2,4-5H,3,6-9,14H2,(H,15,16);1H. The average Bonchev–Trinajstić information content (AvgIpc) is 2.34. The van der Waals surface area contributed by atoms with E-state index in [1.54, 1.807) is 0 Å². The zero-order valence-corrected chi connectivity index (χ0v) is 12.4. The third-order valence-corrected chi connectivity index (χ3v) is 2.76. The first-order chi connectivity index (χ1) is 8.24.